The third kappa shape index (κ3) is 2.38. The molecule has 0 unspecified atom stereocenters. The van der Waals surface area contributed by atoms with E-state index in [0.717, 1.165) is 4.47 Å². The van der Waals surface area contributed by atoms with Gasteiger partial charge in [0.1, 0.15) is 6.54 Å². The molecule has 0 heterocycles. The lowest BCUT2D eigenvalue weighted by atomic mass is 10.2. The van der Waals surface area contributed by atoms with Crippen LogP contribution in [0.1, 0.15) is 0 Å². The van der Waals surface area contributed by atoms with Gasteiger partial charge >= 0.3 is 5.97 Å². The average molecular weight is 259 g/mol. The van der Waals surface area contributed by atoms with E-state index in [1.807, 2.05) is 12.1 Å². The Morgan fingerprint density at radius 3 is 2.86 bits per heavy atom. The summed E-state index contributed by atoms with van der Waals surface area (Å²) in [5.41, 5.74) is 7.04. The predicted octanol–water partition coefficient (Wildman–Crippen LogP) is 1.55. The minimum Gasteiger partial charge on any atom is -0.480 e. The van der Waals surface area contributed by atoms with Crippen molar-refractivity contribution in [2.75, 3.05) is 24.2 Å². The van der Waals surface area contributed by atoms with E-state index in [2.05, 4.69) is 15.9 Å². The Morgan fingerprint density at radius 1 is 1.64 bits per heavy atom. The van der Waals surface area contributed by atoms with E-state index in [4.69, 9.17) is 10.8 Å². The molecule has 0 aliphatic carbocycles. The third-order valence-corrected chi connectivity index (χ3v) is 2.51. The highest BCUT2D eigenvalue weighted by Crippen LogP contribution is 2.29. The van der Waals surface area contributed by atoms with Gasteiger partial charge in [0.15, 0.2) is 0 Å². The number of aliphatic carboxylic acids is 1. The van der Waals surface area contributed by atoms with Crippen LogP contribution in [-0.2, 0) is 4.79 Å². The van der Waals surface area contributed by atoms with E-state index in [1.54, 1.807) is 18.0 Å². The number of carbonyl (C=O) groups is 1. The summed E-state index contributed by atoms with van der Waals surface area (Å²) in [7, 11) is 1.69. The highest BCUT2D eigenvalue weighted by atomic mass is 79.9. The number of likely N-dealkylation sites (N-methyl/N-ethyl adjacent to an activating group) is 1. The molecule has 0 saturated heterocycles. The summed E-state index contributed by atoms with van der Waals surface area (Å²) in [6.07, 6.45) is 0. The second kappa shape index (κ2) is 4.32. The molecule has 0 aliphatic rings. The number of carboxylic acids is 1. The lowest BCUT2D eigenvalue weighted by Gasteiger charge is -2.19. The quantitative estimate of drug-likeness (QED) is 0.808. The minimum absolute atomic E-state index is 0.0688. The molecule has 5 heteroatoms. The van der Waals surface area contributed by atoms with Crippen LogP contribution in [-0.4, -0.2) is 24.7 Å². The van der Waals surface area contributed by atoms with E-state index in [0.29, 0.717) is 11.4 Å². The summed E-state index contributed by atoms with van der Waals surface area (Å²) < 4.78 is 0.771. The summed E-state index contributed by atoms with van der Waals surface area (Å²) in [6, 6.07) is 5.41. The topological polar surface area (TPSA) is 66.6 Å². The van der Waals surface area contributed by atoms with Crippen LogP contribution in [0.4, 0.5) is 11.4 Å². The second-order valence-electron chi connectivity index (χ2n) is 2.92. The molecular formula is C9H11BrN2O2. The van der Waals surface area contributed by atoms with Gasteiger partial charge in [0, 0.05) is 11.5 Å². The summed E-state index contributed by atoms with van der Waals surface area (Å²) in [5.74, 6) is -0.883. The average Bonchev–Trinajstić information content (AvgIpc) is 2.08. The van der Waals surface area contributed by atoms with Crippen LogP contribution in [0.15, 0.2) is 22.7 Å². The monoisotopic (exact) mass is 258 g/mol. The highest BCUT2D eigenvalue weighted by Gasteiger charge is 2.09. The normalized spacial score (nSPS) is 9.86. The molecule has 1 aromatic carbocycles. The van der Waals surface area contributed by atoms with Gasteiger partial charge in [-0.2, -0.15) is 0 Å². The molecule has 0 radical (unpaired) electrons. The van der Waals surface area contributed by atoms with Crippen molar-refractivity contribution in [2.45, 2.75) is 0 Å². The molecule has 1 aromatic rings. The van der Waals surface area contributed by atoms with E-state index in [-0.39, 0.29) is 6.54 Å². The summed E-state index contributed by atoms with van der Waals surface area (Å²) in [5, 5.41) is 8.61. The summed E-state index contributed by atoms with van der Waals surface area (Å²) >= 11 is 3.28. The van der Waals surface area contributed by atoms with Crippen molar-refractivity contribution in [3.05, 3.63) is 22.7 Å². The molecule has 1 rings (SSSR count). The Hall–Kier alpha value is -1.23. The lowest BCUT2D eigenvalue weighted by Crippen LogP contribution is -2.25. The van der Waals surface area contributed by atoms with Gasteiger partial charge in [-0.25, -0.2) is 0 Å². The van der Waals surface area contributed by atoms with Crippen molar-refractivity contribution in [1.82, 2.24) is 0 Å². The first-order valence-electron chi connectivity index (χ1n) is 3.99. The summed E-state index contributed by atoms with van der Waals surface area (Å²) in [4.78, 5) is 12.1. The predicted molar refractivity (Wildman–Crippen MR) is 59.5 cm³/mol. The maximum Gasteiger partial charge on any atom is 0.323 e. The number of hydrogen-bond donors (Lipinski definition) is 2. The fraction of sp³-hybridized carbons (Fsp3) is 0.222. The molecule has 14 heavy (non-hydrogen) atoms. The number of nitrogens with two attached hydrogens (primary N) is 1. The molecule has 3 N–H and O–H groups in total. The third-order valence-electron chi connectivity index (χ3n) is 1.81. The van der Waals surface area contributed by atoms with Crippen molar-refractivity contribution in [3.8, 4) is 0 Å². The van der Waals surface area contributed by atoms with Gasteiger partial charge in [-0.15, -0.1) is 0 Å². The van der Waals surface area contributed by atoms with E-state index < -0.39 is 5.97 Å². The fourth-order valence-corrected chi connectivity index (χ4v) is 1.50. The smallest absolute Gasteiger partial charge is 0.323 e. The Bertz CT molecular complexity index is 355. The van der Waals surface area contributed by atoms with Gasteiger partial charge in [0.05, 0.1) is 11.4 Å². The van der Waals surface area contributed by atoms with Crippen LogP contribution in [0.3, 0.4) is 0 Å². The fourth-order valence-electron chi connectivity index (χ4n) is 1.15. The van der Waals surface area contributed by atoms with E-state index in [9.17, 15) is 4.79 Å². The van der Waals surface area contributed by atoms with Crippen molar-refractivity contribution >= 4 is 33.3 Å². The van der Waals surface area contributed by atoms with Crippen LogP contribution < -0.4 is 10.6 Å². The minimum atomic E-state index is -0.883. The Morgan fingerprint density at radius 2 is 2.29 bits per heavy atom. The van der Waals surface area contributed by atoms with Gasteiger partial charge < -0.3 is 15.7 Å². The number of rotatable bonds is 3. The van der Waals surface area contributed by atoms with Crippen molar-refractivity contribution in [1.29, 1.82) is 0 Å². The number of hydrogen-bond acceptors (Lipinski definition) is 3. The molecule has 0 amide bonds. The lowest BCUT2D eigenvalue weighted by molar-refractivity contribution is -0.135. The van der Waals surface area contributed by atoms with E-state index in [1.165, 1.54) is 0 Å². The molecule has 4 nitrogen and oxygen atoms in total. The molecule has 0 fully saturated rings. The molecule has 0 saturated carbocycles. The van der Waals surface area contributed by atoms with Crippen LogP contribution in [0.2, 0.25) is 0 Å². The second-order valence-corrected chi connectivity index (χ2v) is 3.78. The number of halogens is 1. The number of para-hydroxylation sites is 1. The molecule has 0 aromatic heterocycles. The first kappa shape index (κ1) is 10.8. The number of carboxylic acid groups (broad SMARTS) is 1. The SMILES string of the molecule is CN(CC(=O)O)c1cccc(Br)c1N. The molecule has 0 aliphatic heterocycles. The van der Waals surface area contributed by atoms with Gasteiger partial charge in [-0.1, -0.05) is 6.07 Å². The standard InChI is InChI=1S/C9H11BrN2O2/c1-12(5-8(13)14)7-4-2-3-6(10)9(7)11/h2-4H,5,11H2,1H3,(H,13,14). The van der Waals surface area contributed by atoms with Gasteiger partial charge in [0.25, 0.3) is 0 Å². The summed E-state index contributed by atoms with van der Waals surface area (Å²) in [6.45, 7) is -0.0688. The van der Waals surface area contributed by atoms with Crippen LogP contribution in [0, 0.1) is 0 Å². The molecular weight excluding hydrogens is 248 g/mol. The zero-order valence-electron chi connectivity index (χ0n) is 7.70. The Kier molecular flexibility index (Phi) is 3.35. The maximum atomic E-state index is 10.5. The van der Waals surface area contributed by atoms with Crippen LogP contribution in [0.25, 0.3) is 0 Å². The number of nitrogen functional groups attached to an aromatic ring is 1. The number of benzene rings is 1. The number of anilines is 2. The van der Waals surface area contributed by atoms with Gasteiger partial charge in [0.2, 0.25) is 0 Å². The van der Waals surface area contributed by atoms with Gasteiger partial charge in [-0.3, -0.25) is 4.79 Å². The van der Waals surface area contributed by atoms with E-state index >= 15 is 0 Å². The molecule has 0 atom stereocenters. The first-order valence-corrected chi connectivity index (χ1v) is 4.78. The largest absolute Gasteiger partial charge is 0.480 e. The first-order chi connectivity index (χ1) is 6.52. The van der Waals surface area contributed by atoms with Crippen molar-refractivity contribution < 1.29 is 9.90 Å². The molecule has 0 bridgehead atoms. The zero-order valence-corrected chi connectivity index (χ0v) is 9.28. The number of nitrogens with zero attached hydrogens (tertiary/aromatic N) is 1. The Labute approximate surface area is 90.4 Å². The highest BCUT2D eigenvalue weighted by molar-refractivity contribution is 9.10. The van der Waals surface area contributed by atoms with Gasteiger partial charge in [-0.05, 0) is 28.1 Å². The van der Waals surface area contributed by atoms with Crippen LogP contribution >= 0.6 is 15.9 Å². The van der Waals surface area contributed by atoms with Crippen molar-refractivity contribution in [2.24, 2.45) is 0 Å². The maximum absolute atomic E-state index is 10.5. The van der Waals surface area contributed by atoms with Crippen LogP contribution in [0.5, 0.6) is 0 Å². The Balaban J connectivity index is 2.95. The molecule has 0 spiro atoms. The van der Waals surface area contributed by atoms with Crippen molar-refractivity contribution in [3.63, 3.8) is 0 Å². The zero-order chi connectivity index (χ0) is 10.7. The molecule has 76 valence electrons.